The first kappa shape index (κ1) is 17.9. The van der Waals surface area contributed by atoms with Crippen molar-refractivity contribution in [1.29, 1.82) is 0 Å². The average Bonchev–Trinajstić information content (AvgIpc) is 2.29. The predicted octanol–water partition coefficient (Wildman–Crippen LogP) is 1.50. The zero-order valence-electron chi connectivity index (χ0n) is 10.4. The minimum atomic E-state index is -1.04. The molecule has 1 aromatic carbocycles. The lowest BCUT2D eigenvalue weighted by molar-refractivity contribution is -0.138. The predicted molar refractivity (Wildman–Crippen MR) is 78.4 cm³/mol. The van der Waals surface area contributed by atoms with E-state index in [0.29, 0.717) is 6.54 Å². The van der Waals surface area contributed by atoms with Crippen LogP contribution in [0, 0.1) is 0 Å². The van der Waals surface area contributed by atoms with Crippen LogP contribution in [0.25, 0.3) is 0 Å². The van der Waals surface area contributed by atoms with Crippen molar-refractivity contribution in [1.82, 2.24) is 10.2 Å². The highest BCUT2D eigenvalue weighted by molar-refractivity contribution is 9.10. The fraction of sp³-hybridized carbons (Fsp3) is 0.333. The molecule has 0 aliphatic heterocycles. The van der Waals surface area contributed by atoms with E-state index in [1.54, 1.807) is 0 Å². The zero-order chi connectivity index (χ0) is 13.5. The summed E-state index contributed by atoms with van der Waals surface area (Å²) in [6, 6.07) is 7.81. The van der Waals surface area contributed by atoms with E-state index in [1.807, 2.05) is 36.2 Å². The normalized spacial score (nSPS) is 9.84. The third kappa shape index (κ3) is 7.81. The summed E-state index contributed by atoms with van der Waals surface area (Å²) in [6.45, 7) is 0.460. The molecule has 1 rings (SSSR count). The summed E-state index contributed by atoms with van der Waals surface area (Å²) in [4.78, 5) is 23.5. The lowest BCUT2D eigenvalue weighted by Crippen LogP contribution is -2.37. The van der Waals surface area contributed by atoms with Gasteiger partial charge in [-0.2, -0.15) is 0 Å². The van der Waals surface area contributed by atoms with Gasteiger partial charge in [-0.15, -0.1) is 12.4 Å². The number of hydrogen-bond donors (Lipinski definition) is 2. The Kier molecular flexibility index (Phi) is 8.38. The molecular weight excluding hydrogens is 336 g/mol. The molecule has 0 bridgehead atoms. The van der Waals surface area contributed by atoms with Gasteiger partial charge in [0.25, 0.3) is 0 Å². The van der Waals surface area contributed by atoms with E-state index in [-0.39, 0.29) is 31.4 Å². The SMILES string of the molecule is CN(CC(=O)NCC(=O)O)Cc1ccc(Br)cc1.Cl. The van der Waals surface area contributed by atoms with Gasteiger partial charge >= 0.3 is 5.97 Å². The van der Waals surface area contributed by atoms with Crippen molar-refractivity contribution in [2.75, 3.05) is 20.1 Å². The van der Waals surface area contributed by atoms with Crippen LogP contribution >= 0.6 is 28.3 Å². The van der Waals surface area contributed by atoms with Gasteiger partial charge in [0.1, 0.15) is 6.54 Å². The molecule has 0 saturated heterocycles. The van der Waals surface area contributed by atoms with Crippen molar-refractivity contribution >= 4 is 40.2 Å². The number of carboxylic acids is 1. The molecule has 0 heterocycles. The van der Waals surface area contributed by atoms with Crippen LogP contribution in [0.15, 0.2) is 28.7 Å². The van der Waals surface area contributed by atoms with Gasteiger partial charge in [-0.05, 0) is 24.7 Å². The molecule has 0 radical (unpaired) electrons. The quantitative estimate of drug-likeness (QED) is 0.815. The number of likely N-dealkylation sites (N-methyl/N-ethyl adjacent to an activating group) is 1. The maximum absolute atomic E-state index is 11.4. The second-order valence-corrected chi connectivity index (χ2v) is 4.88. The number of rotatable bonds is 6. The van der Waals surface area contributed by atoms with Crippen LogP contribution in [0.1, 0.15) is 5.56 Å². The number of hydrogen-bond acceptors (Lipinski definition) is 3. The van der Waals surface area contributed by atoms with Crippen LogP contribution in [0.2, 0.25) is 0 Å². The van der Waals surface area contributed by atoms with E-state index in [4.69, 9.17) is 5.11 Å². The first-order valence-electron chi connectivity index (χ1n) is 5.39. The van der Waals surface area contributed by atoms with Crippen molar-refractivity contribution in [3.63, 3.8) is 0 Å². The minimum absolute atomic E-state index is 0. The number of benzene rings is 1. The van der Waals surface area contributed by atoms with Gasteiger partial charge in [0.2, 0.25) is 5.91 Å². The Labute approximate surface area is 126 Å². The Hall–Kier alpha value is -1.11. The second kappa shape index (κ2) is 8.90. The molecule has 0 aromatic heterocycles. The summed E-state index contributed by atoms with van der Waals surface area (Å²) in [7, 11) is 1.81. The Morgan fingerprint density at radius 2 is 1.89 bits per heavy atom. The van der Waals surface area contributed by atoms with Crippen molar-refractivity contribution in [3.05, 3.63) is 34.3 Å². The molecule has 0 fully saturated rings. The summed E-state index contributed by atoms with van der Waals surface area (Å²) in [5.41, 5.74) is 1.09. The fourth-order valence-corrected chi connectivity index (χ4v) is 1.70. The van der Waals surface area contributed by atoms with Crippen molar-refractivity contribution < 1.29 is 14.7 Å². The zero-order valence-corrected chi connectivity index (χ0v) is 12.8. The Morgan fingerprint density at radius 3 is 2.42 bits per heavy atom. The number of nitrogens with one attached hydrogen (secondary N) is 1. The number of amides is 1. The molecule has 0 aliphatic carbocycles. The molecule has 2 N–H and O–H groups in total. The number of nitrogens with zero attached hydrogens (tertiary/aromatic N) is 1. The van der Waals surface area contributed by atoms with Gasteiger partial charge in [-0.1, -0.05) is 28.1 Å². The van der Waals surface area contributed by atoms with Crippen LogP contribution in [0.4, 0.5) is 0 Å². The standard InChI is InChI=1S/C12H15BrN2O3.ClH/c1-15(8-11(16)14-6-12(17)18)7-9-2-4-10(13)5-3-9;/h2-5H,6-8H2,1H3,(H,14,16)(H,17,18);1H. The Balaban J connectivity index is 0.00000324. The third-order valence-electron chi connectivity index (χ3n) is 2.22. The Bertz CT molecular complexity index is 425. The molecule has 0 aliphatic rings. The largest absolute Gasteiger partial charge is 0.480 e. The van der Waals surface area contributed by atoms with E-state index >= 15 is 0 Å². The number of carbonyl (C=O) groups is 2. The van der Waals surface area contributed by atoms with Crippen LogP contribution in [-0.2, 0) is 16.1 Å². The summed E-state index contributed by atoms with van der Waals surface area (Å²) >= 11 is 3.35. The van der Waals surface area contributed by atoms with Gasteiger partial charge < -0.3 is 10.4 Å². The van der Waals surface area contributed by atoms with Crippen molar-refractivity contribution in [2.45, 2.75) is 6.54 Å². The molecular formula is C12H16BrClN2O3. The minimum Gasteiger partial charge on any atom is -0.480 e. The van der Waals surface area contributed by atoms with Crippen molar-refractivity contribution in [3.8, 4) is 0 Å². The highest BCUT2D eigenvalue weighted by Gasteiger charge is 2.08. The van der Waals surface area contributed by atoms with Crippen LogP contribution < -0.4 is 5.32 Å². The lowest BCUT2D eigenvalue weighted by atomic mass is 10.2. The van der Waals surface area contributed by atoms with E-state index in [0.717, 1.165) is 10.0 Å². The lowest BCUT2D eigenvalue weighted by Gasteiger charge is -2.16. The van der Waals surface area contributed by atoms with E-state index in [1.165, 1.54) is 0 Å². The third-order valence-corrected chi connectivity index (χ3v) is 2.74. The highest BCUT2D eigenvalue weighted by Crippen LogP contribution is 2.11. The van der Waals surface area contributed by atoms with Gasteiger partial charge in [0, 0.05) is 11.0 Å². The summed E-state index contributed by atoms with van der Waals surface area (Å²) < 4.78 is 1.01. The van der Waals surface area contributed by atoms with Gasteiger partial charge in [-0.3, -0.25) is 14.5 Å². The van der Waals surface area contributed by atoms with Gasteiger partial charge in [-0.25, -0.2) is 0 Å². The average molecular weight is 352 g/mol. The van der Waals surface area contributed by atoms with Crippen LogP contribution in [0.3, 0.4) is 0 Å². The van der Waals surface area contributed by atoms with Crippen LogP contribution in [0.5, 0.6) is 0 Å². The monoisotopic (exact) mass is 350 g/mol. The molecule has 19 heavy (non-hydrogen) atoms. The molecule has 106 valence electrons. The molecule has 7 heteroatoms. The van der Waals surface area contributed by atoms with E-state index in [2.05, 4.69) is 21.2 Å². The van der Waals surface area contributed by atoms with E-state index in [9.17, 15) is 9.59 Å². The number of carboxylic acid groups (broad SMARTS) is 1. The summed E-state index contributed by atoms with van der Waals surface area (Å²) in [5.74, 6) is -1.34. The number of halogens is 2. The van der Waals surface area contributed by atoms with Gasteiger partial charge in [0.15, 0.2) is 0 Å². The smallest absolute Gasteiger partial charge is 0.322 e. The molecule has 1 aromatic rings. The molecule has 0 unspecified atom stereocenters. The van der Waals surface area contributed by atoms with Crippen LogP contribution in [-0.4, -0.2) is 42.0 Å². The highest BCUT2D eigenvalue weighted by atomic mass is 79.9. The molecule has 0 atom stereocenters. The Morgan fingerprint density at radius 1 is 1.32 bits per heavy atom. The summed E-state index contributed by atoms with van der Waals surface area (Å²) in [6.07, 6.45) is 0. The maximum Gasteiger partial charge on any atom is 0.322 e. The van der Waals surface area contributed by atoms with E-state index < -0.39 is 5.97 Å². The first-order chi connectivity index (χ1) is 8.47. The summed E-state index contributed by atoms with van der Waals surface area (Å²) in [5, 5.41) is 10.7. The molecule has 5 nitrogen and oxygen atoms in total. The second-order valence-electron chi connectivity index (χ2n) is 3.97. The molecule has 0 saturated carbocycles. The first-order valence-corrected chi connectivity index (χ1v) is 6.18. The van der Waals surface area contributed by atoms with Crippen molar-refractivity contribution in [2.24, 2.45) is 0 Å². The molecule has 0 spiro atoms. The fourth-order valence-electron chi connectivity index (χ4n) is 1.43. The van der Waals surface area contributed by atoms with Gasteiger partial charge in [0.05, 0.1) is 6.54 Å². The number of carbonyl (C=O) groups excluding carboxylic acids is 1. The maximum atomic E-state index is 11.4. The topological polar surface area (TPSA) is 69.6 Å². The molecule has 1 amide bonds. The number of aliphatic carboxylic acids is 1.